The van der Waals surface area contributed by atoms with E-state index in [1.54, 1.807) is 0 Å². The molecule has 1 saturated heterocycles. The van der Waals surface area contributed by atoms with Crippen LogP contribution in [-0.4, -0.2) is 13.1 Å². The standard InChI is InChI=1S/C16H20BrF2N/c17-11-12-9-13(18)15(14(19)10-12)20-7-5-16(6-8-20)3-1-2-4-16/h9-10H,1-8,11H2. The molecule has 0 unspecified atom stereocenters. The first kappa shape index (κ1) is 14.3. The summed E-state index contributed by atoms with van der Waals surface area (Å²) in [6, 6.07) is 2.88. The second-order valence-corrected chi connectivity index (χ2v) is 6.80. The first-order chi connectivity index (χ1) is 9.63. The van der Waals surface area contributed by atoms with Crippen molar-refractivity contribution < 1.29 is 8.78 Å². The van der Waals surface area contributed by atoms with Crippen LogP contribution in [0.5, 0.6) is 0 Å². The lowest BCUT2D eigenvalue weighted by atomic mass is 9.77. The summed E-state index contributed by atoms with van der Waals surface area (Å²) in [7, 11) is 0. The summed E-state index contributed by atoms with van der Waals surface area (Å²) in [5, 5.41) is 0.476. The van der Waals surface area contributed by atoms with Crippen LogP contribution in [0.4, 0.5) is 14.5 Å². The van der Waals surface area contributed by atoms with Crippen LogP contribution >= 0.6 is 15.9 Å². The van der Waals surface area contributed by atoms with Gasteiger partial charge in [-0.3, -0.25) is 0 Å². The van der Waals surface area contributed by atoms with Gasteiger partial charge in [0.25, 0.3) is 0 Å². The van der Waals surface area contributed by atoms with Crippen molar-refractivity contribution in [1.29, 1.82) is 0 Å². The van der Waals surface area contributed by atoms with Crippen molar-refractivity contribution in [2.45, 2.75) is 43.9 Å². The molecule has 1 spiro atoms. The minimum absolute atomic E-state index is 0.169. The van der Waals surface area contributed by atoms with Crippen molar-refractivity contribution in [3.05, 3.63) is 29.3 Å². The number of alkyl halides is 1. The zero-order valence-electron chi connectivity index (χ0n) is 11.6. The minimum atomic E-state index is -0.429. The Bertz CT molecular complexity index is 464. The maximum Gasteiger partial charge on any atom is 0.149 e. The fourth-order valence-electron chi connectivity index (χ4n) is 3.83. The minimum Gasteiger partial charge on any atom is -0.367 e. The predicted octanol–water partition coefficient (Wildman–Crippen LogP) is 5.02. The maximum absolute atomic E-state index is 14.1. The number of anilines is 1. The van der Waals surface area contributed by atoms with Crippen LogP contribution in [0.1, 0.15) is 44.1 Å². The van der Waals surface area contributed by atoms with E-state index in [4.69, 9.17) is 0 Å². The second-order valence-electron chi connectivity index (χ2n) is 6.24. The van der Waals surface area contributed by atoms with Gasteiger partial charge in [0, 0.05) is 18.4 Å². The van der Waals surface area contributed by atoms with E-state index >= 15 is 0 Å². The molecule has 0 atom stereocenters. The van der Waals surface area contributed by atoms with Crippen molar-refractivity contribution >= 4 is 21.6 Å². The molecule has 0 amide bonds. The number of piperidine rings is 1. The van der Waals surface area contributed by atoms with E-state index < -0.39 is 11.6 Å². The van der Waals surface area contributed by atoms with Gasteiger partial charge in [-0.1, -0.05) is 28.8 Å². The summed E-state index contributed by atoms with van der Waals surface area (Å²) < 4.78 is 28.3. The van der Waals surface area contributed by atoms with Gasteiger partial charge in [-0.2, -0.15) is 0 Å². The number of rotatable bonds is 2. The summed E-state index contributed by atoms with van der Waals surface area (Å²) in [5.74, 6) is -0.858. The SMILES string of the molecule is Fc1cc(CBr)cc(F)c1N1CCC2(CCCC2)CC1. The van der Waals surface area contributed by atoms with Gasteiger partial charge in [-0.15, -0.1) is 0 Å². The highest BCUT2D eigenvalue weighted by Crippen LogP contribution is 2.47. The first-order valence-corrected chi connectivity index (χ1v) is 8.55. The average Bonchev–Trinajstić information content (AvgIpc) is 2.88. The van der Waals surface area contributed by atoms with E-state index in [1.807, 2.05) is 4.90 Å². The van der Waals surface area contributed by atoms with Crippen LogP contribution in [-0.2, 0) is 5.33 Å². The first-order valence-electron chi connectivity index (χ1n) is 7.42. The van der Waals surface area contributed by atoms with Crippen molar-refractivity contribution in [3.63, 3.8) is 0 Å². The number of halogens is 3. The molecule has 110 valence electrons. The topological polar surface area (TPSA) is 3.24 Å². The Labute approximate surface area is 127 Å². The lowest BCUT2D eigenvalue weighted by molar-refractivity contribution is 0.225. The highest BCUT2D eigenvalue weighted by Gasteiger charge is 2.37. The van der Waals surface area contributed by atoms with Gasteiger partial charge in [-0.25, -0.2) is 8.78 Å². The van der Waals surface area contributed by atoms with Gasteiger partial charge < -0.3 is 4.90 Å². The van der Waals surface area contributed by atoms with Gasteiger partial charge in [0.05, 0.1) is 0 Å². The van der Waals surface area contributed by atoms with Crippen molar-refractivity contribution in [3.8, 4) is 0 Å². The summed E-state index contributed by atoms with van der Waals surface area (Å²) in [4.78, 5) is 1.90. The summed E-state index contributed by atoms with van der Waals surface area (Å²) in [6.45, 7) is 1.56. The quantitative estimate of drug-likeness (QED) is 0.681. The van der Waals surface area contributed by atoms with Gasteiger partial charge >= 0.3 is 0 Å². The molecule has 20 heavy (non-hydrogen) atoms. The molecule has 1 heterocycles. The van der Waals surface area contributed by atoms with Crippen LogP contribution < -0.4 is 4.90 Å². The van der Waals surface area contributed by atoms with E-state index in [0.29, 0.717) is 16.3 Å². The number of benzene rings is 1. The normalized spacial score (nSPS) is 21.6. The Morgan fingerprint density at radius 1 is 1.00 bits per heavy atom. The van der Waals surface area contributed by atoms with Gasteiger partial charge in [0.1, 0.15) is 17.3 Å². The third-order valence-electron chi connectivity index (χ3n) is 5.04. The van der Waals surface area contributed by atoms with Crippen LogP contribution in [0.25, 0.3) is 0 Å². The molecule has 0 N–H and O–H groups in total. The zero-order chi connectivity index (χ0) is 14.2. The van der Waals surface area contributed by atoms with E-state index in [-0.39, 0.29) is 5.69 Å². The monoisotopic (exact) mass is 343 g/mol. The fraction of sp³-hybridized carbons (Fsp3) is 0.625. The largest absolute Gasteiger partial charge is 0.367 e. The Morgan fingerprint density at radius 3 is 2.05 bits per heavy atom. The molecule has 2 aliphatic rings. The molecule has 1 aliphatic carbocycles. The van der Waals surface area contributed by atoms with Crippen molar-refractivity contribution in [1.82, 2.24) is 0 Å². The lowest BCUT2D eigenvalue weighted by Crippen LogP contribution is -2.39. The molecule has 0 bridgehead atoms. The van der Waals surface area contributed by atoms with Crippen LogP contribution in [0.2, 0.25) is 0 Å². The Kier molecular flexibility index (Phi) is 4.02. The third-order valence-corrected chi connectivity index (χ3v) is 5.68. The fourth-order valence-corrected chi connectivity index (χ4v) is 4.15. The third kappa shape index (κ3) is 2.59. The van der Waals surface area contributed by atoms with Crippen molar-refractivity contribution in [2.24, 2.45) is 5.41 Å². The summed E-state index contributed by atoms with van der Waals surface area (Å²) >= 11 is 3.24. The Balaban J connectivity index is 1.78. The molecule has 1 aromatic carbocycles. The van der Waals surface area contributed by atoms with Crippen molar-refractivity contribution in [2.75, 3.05) is 18.0 Å². The second kappa shape index (κ2) is 5.63. The molecule has 4 heteroatoms. The summed E-state index contributed by atoms with van der Waals surface area (Å²) in [6.07, 6.45) is 7.39. The highest BCUT2D eigenvalue weighted by molar-refractivity contribution is 9.08. The van der Waals surface area contributed by atoms with Crippen LogP contribution in [0.15, 0.2) is 12.1 Å². The van der Waals surface area contributed by atoms with Gasteiger partial charge in [0.2, 0.25) is 0 Å². The molecule has 0 radical (unpaired) electrons. The van der Waals surface area contributed by atoms with E-state index in [1.165, 1.54) is 37.8 Å². The predicted molar refractivity (Wildman–Crippen MR) is 81.3 cm³/mol. The van der Waals surface area contributed by atoms with Gasteiger partial charge in [0.15, 0.2) is 0 Å². The molecule has 1 aliphatic heterocycles. The van der Waals surface area contributed by atoms with Crippen LogP contribution in [0.3, 0.4) is 0 Å². The average molecular weight is 344 g/mol. The Morgan fingerprint density at radius 2 is 1.55 bits per heavy atom. The molecular formula is C16H20BrF2N. The van der Waals surface area contributed by atoms with Crippen LogP contribution in [0, 0.1) is 17.0 Å². The molecular weight excluding hydrogens is 324 g/mol. The highest BCUT2D eigenvalue weighted by atomic mass is 79.9. The number of hydrogen-bond acceptors (Lipinski definition) is 1. The zero-order valence-corrected chi connectivity index (χ0v) is 13.2. The molecule has 3 rings (SSSR count). The number of nitrogens with zero attached hydrogens (tertiary/aromatic N) is 1. The molecule has 1 aromatic rings. The molecule has 1 saturated carbocycles. The maximum atomic E-state index is 14.1. The molecule has 2 fully saturated rings. The molecule has 0 aromatic heterocycles. The van der Waals surface area contributed by atoms with E-state index in [9.17, 15) is 8.78 Å². The smallest absolute Gasteiger partial charge is 0.149 e. The Hall–Kier alpha value is -0.640. The van der Waals surface area contributed by atoms with E-state index in [2.05, 4.69) is 15.9 Å². The van der Waals surface area contributed by atoms with E-state index in [0.717, 1.165) is 25.9 Å². The summed E-state index contributed by atoms with van der Waals surface area (Å²) in [5.41, 5.74) is 1.29. The van der Waals surface area contributed by atoms with Gasteiger partial charge in [-0.05, 0) is 48.8 Å². The lowest BCUT2D eigenvalue weighted by Gasteiger charge is -2.40. The number of hydrogen-bond donors (Lipinski definition) is 0. The molecule has 1 nitrogen and oxygen atoms in total.